The first kappa shape index (κ1) is 25.3. The summed E-state index contributed by atoms with van der Waals surface area (Å²) in [6, 6.07) is 21.4. The standard InChI is InChI=1S/C28H22F2N6O4/c29-28(30)40-20-13-11-17(12-14-20)21-15-22(18-7-3-1-4-8-18)36(32-21)23(37)16-34-25-24(31-33-34)26(38)35(27(25)39)19-9-5-2-6-10-19/h1-14,22,24-25,28H,15-16H2/t22-,24-,25+/m0/s1. The third-order valence-corrected chi connectivity index (χ3v) is 6.93. The predicted molar refractivity (Wildman–Crippen MR) is 138 cm³/mol. The van der Waals surface area contributed by atoms with E-state index in [-0.39, 0.29) is 12.3 Å². The summed E-state index contributed by atoms with van der Waals surface area (Å²) in [6.07, 6.45) is 0.373. The molecule has 3 aliphatic heterocycles. The summed E-state index contributed by atoms with van der Waals surface area (Å²) in [5.41, 5.74) is 2.50. The minimum atomic E-state index is -2.94. The molecule has 12 heteroatoms. The number of hydrogen-bond donors (Lipinski definition) is 0. The van der Waals surface area contributed by atoms with Crippen molar-refractivity contribution < 1.29 is 27.9 Å². The number of anilines is 1. The number of amides is 3. The maximum Gasteiger partial charge on any atom is 0.387 e. The Balaban J connectivity index is 1.24. The molecule has 3 atom stereocenters. The Kier molecular flexibility index (Phi) is 6.50. The molecule has 6 rings (SSSR count). The van der Waals surface area contributed by atoms with E-state index in [0.29, 0.717) is 23.4 Å². The number of carbonyl (C=O) groups is 3. The molecule has 0 N–H and O–H groups in total. The summed E-state index contributed by atoms with van der Waals surface area (Å²) in [7, 11) is 0. The lowest BCUT2D eigenvalue weighted by Crippen LogP contribution is -2.44. The Labute approximate surface area is 227 Å². The second-order valence-electron chi connectivity index (χ2n) is 9.36. The van der Waals surface area contributed by atoms with E-state index in [2.05, 4.69) is 20.2 Å². The van der Waals surface area contributed by atoms with Gasteiger partial charge in [0.1, 0.15) is 12.3 Å². The summed E-state index contributed by atoms with van der Waals surface area (Å²) < 4.78 is 29.5. The third kappa shape index (κ3) is 4.57. The Bertz CT molecular complexity index is 1500. The molecule has 0 radical (unpaired) electrons. The molecule has 3 aromatic carbocycles. The van der Waals surface area contributed by atoms with Crippen LogP contribution in [0.4, 0.5) is 14.5 Å². The van der Waals surface area contributed by atoms with Crippen molar-refractivity contribution in [2.24, 2.45) is 15.4 Å². The first-order valence-corrected chi connectivity index (χ1v) is 12.5. The molecule has 0 unspecified atom stereocenters. The zero-order valence-electron chi connectivity index (χ0n) is 20.9. The molecular weight excluding hydrogens is 522 g/mol. The Morgan fingerprint density at radius 1 is 0.925 bits per heavy atom. The van der Waals surface area contributed by atoms with Gasteiger partial charge in [-0.1, -0.05) is 53.8 Å². The summed E-state index contributed by atoms with van der Waals surface area (Å²) in [5.74, 6) is -1.43. The largest absolute Gasteiger partial charge is 0.435 e. The highest BCUT2D eigenvalue weighted by Gasteiger charge is 2.55. The van der Waals surface area contributed by atoms with Gasteiger partial charge in [-0.05, 0) is 47.5 Å². The highest BCUT2D eigenvalue weighted by molar-refractivity contribution is 6.25. The van der Waals surface area contributed by atoms with Crippen LogP contribution in [0.3, 0.4) is 0 Å². The van der Waals surface area contributed by atoms with Gasteiger partial charge in [-0.3, -0.25) is 19.4 Å². The molecule has 3 amide bonds. The van der Waals surface area contributed by atoms with Crippen LogP contribution in [0.1, 0.15) is 23.6 Å². The molecule has 10 nitrogen and oxygen atoms in total. The van der Waals surface area contributed by atoms with Crippen LogP contribution < -0.4 is 9.64 Å². The highest BCUT2D eigenvalue weighted by atomic mass is 19.3. The van der Waals surface area contributed by atoms with Crippen LogP contribution in [-0.2, 0) is 14.4 Å². The number of halogens is 2. The van der Waals surface area contributed by atoms with Crippen molar-refractivity contribution in [2.45, 2.75) is 31.2 Å². The molecule has 3 aliphatic rings. The number of rotatable bonds is 7. The quantitative estimate of drug-likeness (QED) is 0.419. The zero-order chi connectivity index (χ0) is 27.8. The van der Waals surface area contributed by atoms with E-state index in [9.17, 15) is 23.2 Å². The molecule has 1 saturated heterocycles. The van der Waals surface area contributed by atoms with E-state index in [0.717, 1.165) is 10.5 Å². The Hall–Kier alpha value is -5.00. The van der Waals surface area contributed by atoms with E-state index < -0.39 is 42.5 Å². The first-order chi connectivity index (χ1) is 19.4. The average molecular weight is 545 g/mol. The maximum absolute atomic E-state index is 13.6. The van der Waals surface area contributed by atoms with E-state index >= 15 is 0 Å². The molecule has 202 valence electrons. The number of fused-ring (bicyclic) bond motifs is 1. The number of imide groups is 1. The summed E-state index contributed by atoms with van der Waals surface area (Å²) in [6.45, 7) is -3.26. The van der Waals surface area contributed by atoms with Crippen LogP contribution in [0.15, 0.2) is 100 Å². The maximum atomic E-state index is 13.6. The number of hydrogen-bond acceptors (Lipinski definition) is 8. The fraction of sp³-hybridized carbons (Fsp3) is 0.214. The van der Waals surface area contributed by atoms with Crippen LogP contribution in [-0.4, -0.2) is 58.7 Å². The molecule has 1 fully saturated rings. The van der Waals surface area contributed by atoms with Gasteiger partial charge in [0.15, 0.2) is 12.1 Å². The molecule has 3 heterocycles. The van der Waals surface area contributed by atoms with Gasteiger partial charge < -0.3 is 4.74 Å². The van der Waals surface area contributed by atoms with Crippen molar-refractivity contribution in [2.75, 3.05) is 11.4 Å². The Morgan fingerprint density at radius 2 is 1.60 bits per heavy atom. The van der Waals surface area contributed by atoms with Crippen LogP contribution in [0, 0.1) is 0 Å². The number of alkyl halides is 2. The lowest BCUT2D eigenvalue weighted by Gasteiger charge is -2.25. The average Bonchev–Trinajstić information content (AvgIpc) is 3.65. The highest BCUT2D eigenvalue weighted by Crippen LogP contribution is 2.35. The van der Waals surface area contributed by atoms with Crippen molar-refractivity contribution in [1.82, 2.24) is 10.0 Å². The minimum absolute atomic E-state index is 0.0131. The normalized spacial score (nSPS) is 21.8. The van der Waals surface area contributed by atoms with Gasteiger partial charge >= 0.3 is 6.61 Å². The molecule has 40 heavy (non-hydrogen) atoms. The molecular formula is C28H22F2N6O4. The van der Waals surface area contributed by atoms with Gasteiger partial charge in [0.05, 0.1) is 17.4 Å². The van der Waals surface area contributed by atoms with Gasteiger partial charge in [-0.2, -0.15) is 19.0 Å². The van der Waals surface area contributed by atoms with Gasteiger partial charge in [-0.25, -0.2) is 9.91 Å². The first-order valence-electron chi connectivity index (χ1n) is 12.5. The predicted octanol–water partition coefficient (Wildman–Crippen LogP) is 3.96. The summed E-state index contributed by atoms with van der Waals surface area (Å²) in [5, 5.41) is 15.1. The van der Waals surface area contributed by atoms with E-state index in [1.54, 1.807) is 42.5 Å². The minimum Gasteiger partial charge on any atom is -0.435 e. The van der Waals surface area contributed by atoms with Crippen molar-refractivity contribution in [1.29, 1.82) is 0 Å². The second-order valence-corrected chi connectivity index (χ2v) is 9.36. The SMILES string of the molecule is O=C1[C@H]2N=NN(CC(=O)N3N=C(c4ccc(OC(F)F)cc4)C[C@H]3c3ccccc3)[C@H]2C(=O)N1c1ccccc1. The number of benzene rings is 3. The zero-order valence-corrected chi connectivity index (χ0v) is 20.9. The molecule has 3 aromatic rings. The molecule has 0 aromatic heterocycles. The van der Waals surface area contributed by atoms with Crippen LogP contribution in [0.5, 0.6) is 5.75 Å². The van der Waals surface area contributed by atoms with Crippen LogP contribution in [0.2, 0.25) is 0 Å². The van der Waals surface area contributed by atoms with Crippen LogP contribution in [0.25, 0.3) is 0 Å². The van der Waals surface area contributed by atoms with Crippen molar-refractivity contribution in [3.05, 3.63) is 96.1 Å². The van der Waals surface area contributed by atoms with E-state index in [4.69, 9.17) is 0 Å². The van der Waals surface area contributed by atoms with Crippen molar-refractivity contribution >= 4 is 29.1 Å². The second kappa shape index (κ2) is 10.3. The lowest BCUT2D eigenvalue weighted by molar-refractivity contribution is -0.135. The van der Waals surface area contributed by atoms with Gasteiger partial charge in [0.2, 0.25) is 0 Å². The summed E-state index contributed by atoms with van der Waals surface area (Å²) >= 11 is 0. The van der Waals surface area contributed by atoms with Crippen LogP contribution >= 0.6 is 0 Å². The molecule has 0 aliphatic carbocycles. The molecule has 0 spiro atoms. The van der Waals surface area contributed by atoms with Crippen molar-refractivity contribution in [3.8, 4) is 5.75 Å². The van der Waals surface area contributed by atoms with Gasteiger partial charge in [-0.15, -0.1) is 0 Å². The number of carbonyl (C=O) groups excluding carboxylic acids is 3. The topological polar surface area (TPSA) is 107 Å². The number of ether oxygens (including phenoxy) is 1. The fourth-order valence-corrected chi connectivity index (χ4v) is 5.07. The van der Waals surface area contributed by atoms with Gasteiger partial charge in [0, 0.05) is 6.42 Å². The molecule has 0 bridgehead atoms. The number of nitrogens with zero attached hydrogens (tertiary/aromatic N) is 6. The monoisotopic (exact) mass is 544 g/mol. The van der Waals surface area contributed by atoms with E-state index in [1.807, 2.05) is 30.3 Å². The van der Waals surface area contributed by atoms with Gasteiger partial charge in [0.25, 0.3) is 17.7 Å². The van der Waals surface area contributed by atoms with E-state index in [1.165, 1.54) is 22.2 Å². The lowest BCUT2D eigenvalue weighted by atomic mass is 9.98. The smallest absolute Gasteiger partial charge is 0.387 e. The molecule has 0 saturated carbocycles. The fourth-order valence-electron chi connectivity index (χ4n) is 5.07. The third-order valence-electron chi connectivity index (χ3n) is 6.93. The number of para-hydroxylation sites is 1. The Morgan fingerprint density at radius 3 is 2.27 bits per heavy atom. The van der Waals surface area contributed by atoms with Crippen molar-refractivity contribution in [3.63, 3.8) is 0 Å². The number of hydrazone groups is 1. The summed E-state index contributed by atoms with van der Waals surface area (Å²) in [4.78, 5) is 40.9.